The first kappa shape index (κ1) is 17.8. The van der Waals surface area contributed by atoms with Gasteiger partial charge < -0.3 is 9.69 Å². The molecule has 0 aromatic heterocycles. The molecular formula is C26H36N2. The lowest BCUT2D eigenvalue weighted by Gasteiger charge is -2.73. The molecule has 8 fully saturated rings. The second-order valence-corrected chi connectivity index (χ2v) is 12.8. The van der Waals surface area contributed by atoms with Crippen LogP contribution >= 0.6 is 0 Å². The second kappa shape index (κ2) is 5.36. The van der Waals surface area contributed by atoms with Crippen LogP contribution in [0.1, 0.15) is 90.9 Å². The van der Waals surface area contributed by atoms with Gasteiger partial charge in [0, 0.05) is 24.7 Å². The third-order valence-electron chi connectivity index (χ3n) is 11.5. The fourth-order valence-electron chi connectivity index (χ4n) is 11.2. The zero-order chi connectivity index (χ0) is 19.4. The summed E-state index contributed by atoms with van der Waals surface area (Å²) in [5, 5.41) is 0. The van der Waals surface area contributed by atoms with Gasteiger partial charge in [-0.25, -0.2) is 13.1 Å². The molecule has 150 valence electrons. The minimum absolute atomic E-state index is 0.211. The third kappa shape index (κ3) is 2.04. The molecule has 8 aliphatic rings. The Labute approximate surface area is 171 Å². The van der Waals surface area contributed by atoms with E-state index >= 15 is 0 Å². The van der Waals surface area contributed by atoms with Crippen LogP contribution in [0, 0.1) is 58.5 Å². The van der Waals surface area contributed by atoms with Crippen LogP contribution in [0.15, 0.2) is 0 Å². The lowest BCUT2D eigenvalue weighted by molar-refractivity contribution is -0.240. The maximum atomic E-state index is 7.83. The first-order chi connectivity index (χ1) is 13.4. The average Bonchev–Trinajstić information content (AvgIpc) is 2.64. The summed E-state index contributed by atoms with van der Waals surface area (Å²) in [6.45, 7) is 20.2. The molecule has 6 atom stereocenters. The highest BCUT2D eigenvalue weighted by molar-refractivity contribution is 5.22. The van der Waals surface area contributed by atoms with E-state index in [1.807, 2.05) is 0 Å². The summed E-state index contributed by atoms with van der Waals surface area (Å²) < 4.78 is 0. The normalized spacial score (nSPS) is 57.6. The molecule has 0 aromatic rings. The van der Waals surface area contributed by atoms with Gasteiger partial charge in [0.15, 0.2) is 0 Å². The maximum absolute atomic E-state index is 7.83. The van der Waals surface area contributed by atoms with Crippen molar-refractivity contribution in [2.75, 3.05) is 0 Å². The van der Waals surface area contributed by atoms with Crippen LogP contribution in [0.4, 0.5) is 0 Å². The van der Waals surface area contributed by atoms with E-state index in [-0.39, 0.29) is 12.1 Å². The van der Waals surface area contributed by atoms with Crippen molar-refractivity contribution >= 4 is 0 Å². The van der Waals surface area contributed by atoms with Crippen molar-refractivity contribution in [3.63, 3.8) is 0 Å². The van der Waals surface area contributed by atoms with Crippen molar-refractivity contribution in [2.45, 2.75) is 103 Å². The van der Waals surface area contributed by atoms with Gasteiger partial charge in [-0.15, -0.1) is 0 Å². The molecule has 8 bridgehead atoms. The topological polar surface area (TPSA) is 8.72 Å². The van der Waals surface area contributed by atoms with E-state index in [0.29, 0.717) is 21.7 Å². The van der Waals surface area contributed by atoms with E-state index in [9.17, 15) is 0 Å². The summed E-state index contributed by atoms with van der Waals surface area (Å²) in [5.41, 5.74) is 1.68. The zero-order valence-corrected chi connectivity index (χ0v) is 17.8. The Hall–Kier alpha value is -1.02. The lowest BCUT2D eigenvalue weighted by atomic mass is 9.30. The van der Waals surface area contributed by atoms with Gasteiger partial charge in [-0.2, -0.15) is 0 Å². The van der Waals surface area contributed by atoms with Crippen LogP contribution < -0.4 is 0 Å². The van der Waals surface area contributed by atoms with Gasteiger partial charge in [0.25, 0.3) is 0 Å². The number of hydrogen-bond acceptors (Lipinski definition) is 0. The summed E-state index contributed by atoms with van der Waals surface area (Å²) in [6.07, 6.45) is 16.9. The molecule has 2 heteroatoms. The molecule has 0 radical (unpaired) electrons. The molecule has 8 rings (SSSR count). The van der Waals surface area contributed by atoms with Crippen molar-refractivity contribution in [3.8, 4) is 0 Å². The van der Waals surface area contributed by atoms with Gasteiger partial charge in [0.2, 0.25) is 12.1 Å². The smallest absolute Gasteiger partial charge is 0.226 e. The molecule has 2 nitrogen and oxygen atoms in total. The van der Waals surface area contributed by atoms with Crippen LogP contribution in [-0.4, -0.2) is 12.1 Å². The zero-order valence-electron chi connectivity index (χ0n) is 17.8. The van der Waals surface area contributed by atoms with Gasteiger partial charge in [0.05, 0.1) is 0 Å². The van der Waals surface area contributed by atoms with Crippen LogP contribution in [0.3, 0.4) is 0 Å². The summed E-state index contributed by atoms with van der Waals surface area (Å²) in [4.78, 5) is 8.24. The number of hydrogen-bond donors (Lipinski definition) is 0. The van der Waals surface area contributed by atoms with E-state index in [2.05, 4.69) is 23.5 Å². The second-order valence-electron chi connectivity index (χ2n) is 12.8. The van der Waals surface area contributed by atoms with Crippen LogP contribution in [-0.2, 0) is 0 Å². The van der Waals surface area contributed by atoms with E-state index in [1.165, 1.54) is 77.0 Å². The highest BCUT2D eigenvalue weighted by atomic mass is 14.8. The minimum Gasteiger partial charge on any atom is -0.313 e. The number of rotatable bonds is 3. The summed E-state index contributed by atoms with van der Waals surface area (Å²) >= 11 is 0. The maximum Gasteiger partial charge on any atom is 0.226 e. The van der Waals surface area contributed by atoms with Crippen molar-refractivity contribution in [1.82, 2.24) is 0 Å². The number of nitrogens with zero attached hydrogens (tertiary/aromatic N) is 2. The Bertz CT molecular complexity index is 687. The molecule has 8 saturated carbocycles. The van der Waals surface area contributed by atoms with E-state index in [1.54, 1.807) is 0 Å². The third-order valence-corrected chi connectivity index (χ3v) is 11.5. The molecule has 0 spiro atoms. The largest absolute Gasteiger partial charge is 0.313 e. The standard InChI is InChI=1S/C26H36N2/c1-17(27-3)23-7-19-5-20(8-23)12-25(11-19,15-23)26-13-21-6-22(14-26)10-24(9-21,16-26)18(2)28-4/h17-22H,5-16H2,1-2H3. The first-order valence-corrected chi connectivity index (χ1v) is 12.1. The van der Waals surface area contributed by atoms with E-state index in [4.69, 9.17) is 13.1 Å². The van der Waals surface area contributed by atoms with Gasteiger partial charge in [-0.3, -0.25) is 0 Å². The lowest BCUT2D eigenvalue weighted by Crippen LogP contribution is -2.66. The van der Waals surface area contributed by atoms with Gasteiger partial charge in [-0.05, 0) is 112 Å². The molecule has 8 aliphatic carbocycles. The molecule has 0 amide bonds. The molecular weight excluding hydrogens is 340 g/mol. The molecule has 0 aliphatic heterocycles. The Kier molecular flexibility index (Phi) is 3.41. The van der Waals surface area contributed by atoms with Gasteiger partial charge in [-0.1, -0.05) is 0 Å². The first-order valence-electron chi connectivity index (χ1n) is 12.1. The predicted octanol–water partition coefficient (Wildman–Crippen LogP) is 6.78. The predicted molar refractivity (Wildman–Crippen MR) is 111 cm³/mol. The molecule has 28 heavy (non-hydrogen) atoms. The fraction of sp³-hybridized carbons (Fsp3) is 0.923. The fourth-order valence-corrected chi connectivity index (χ4v) is 11.2. The minimum atomic E-state index is 0.211. The van der Waals surface area contributed by atoms with Gasteiger partial charge in [0.1, 0.15) is 0 Å². The Morgan fingerprint density at radius 3 is 1.21 bits per heavy atom. The monoisotopic (exact) mass is 376 g/mol. The van der Waals surface area contributed by atoms with E-state index < -0.39 is 0 Å². The highest BCUT2D eigenvalue weighted by Crippen LogP contribution is 2.79. The summed E-state index contributed by atoms with van der Waals surface area (Å²) in [6, 6.07) is 0.422. The summed E-state index contributed by atoms with van der Waals surface area (Å²) in [5.74, 6) is 3.58. The molecule has 0 heterocycles. The van der Waals surface area contributed by atoms with Crippen molar-refractivity contribution in [1.29, 1.82) is 0 Å². The van der Waals surface area contributed by atoms with Crippen LogP contribution in [0.5, 0.6) is 0 Å². The van der Waals surface area contributed by atoms with Crippen molar-refractivity contribution in [2.24, 2.45) is 45.3 Å². The average molecular weight is 377 g/mol. The van der Waals surface area contributed by atoms with Crippen LogP contribution in [0.2, 0.25) is 0 Å². The Morgan fingerprint density at radius 2 is 0.929 bits per heavy atom. The Balaban J connectivity index is 1.44. The van der Waals surface area contributed by atoms with Crippen molar-refractivity contribution in [3.05, 3.63) is 22.8 Å². The SMILES string of the molecule is [C-]#[N+]C(C)C12CC3CC(C1)CC(C14CC5CC(CC(C(C)[N+]#[C-])(C5)C1)C4)(C3)C2. The Morgan fingerprint density at radius 1 is 0.607 bits per heavy atom. The highest BCUT2D eigenvalue weighted by Gasteiger charge is 2.72. The molecule has 6 unspecified atom stereocenters. The molecule has 0 saturated heterocycles. The van der Waals surface area contributed by atoms with Crippen molar-refractivity contribution < 1.29 is 0 Å². The van der Waals surface area contributed by atoms with E-state index in [0.717, 1.165) is 23.7 Å². The van der Waals surface area contributed by atoms with Gasteiger partial charge >= 0.3 is 0 Å². The molecule has 0 N–H and O–H groups in total. The van der Waals surface area contributed by atoms with Crippen LogP contribution in [0.25, 0.3) is 9.69 Å². The molecule has 0 aromatic carbocycles. The quantitative estimate of drug-likeness (QED) is 0.480. The summed E-state index contributed by atoms with van der Waals surface area (Å²) in [7, 11) is 0.